The van der Waals surface area contributed by atoms with Gasteiger partial charge in [0.05, 0.1) is 13.2 Å². The standard InChI is InChI=1S/C73H130NO8P/c1-3-5-7-9-11-13-15-17-19-21-23-25-27-29-31-33-35-37-39-41-43-45-47-49-51-53-55-57-59-61-63-65-72(75)79-69-71(70-81-83(77,78)80-68-67-74)82-73(76)66-64-62-60-58-56-54-52-50-48-46-44-42-40-38-36-34-32-30-28-26-24-22-20-18-16-14-12-10-8-6-4-2/h6,8,12,14-15,17-18,20-21,23-24,26-27,29-30,32,71H,3-5,7,9-11,13,16,19,22,25,28,31,33-70,74H2,1-2H3,(H,77,78)/b8-6-,14-12-,17-15-,20-18-,23-21-,26-24-,29-27-,32-30-. The van der Waals surface area contributed by atoms with Crippen LogP contribution < -0.4 is 5.73 Å². The first-order valence-electron chi connectivity index (χ1n) is 34.7. The molecule has 0 amide bonds. The van der Waals surface area contributed by atoms with Crippen LogP contribution in [0.3, 0.4) is 0 Å². The molecular weight excluding hydrogens is 1050 g/mol. The van der Waals surface area contributed by atoms with Crippen LogP contribution in [0.1, 0.15) is 322 Å². The number of hydrogen-bond donors (Lipinski definition) is 2. The van der Waals surface area contributed by atoms with Crippen LogP contribution in [0.25, 0.3) is 0 Å². The highest BCUT2D eigenvalue weighted by molar-refractivity contribution is 7.47. The molecule has 0 saturated carbocycles. The summed E-state index contributed by atoms with van der Waals surface area (Å²) in [4.78, 5) is 35.4. The Morgan fingerprint density at radius 3 is 0.988 bits per heavy atom. The summed E-state index contributed by atoms with van der Waals surface area (Å²) < 4.78 is 33.2. The summed E-state index contributed by atoms with van der Waals surface area (Å²) in [6.07, 6.45) is 92.1. The van der Waals surface area contributed by atoms with E-state index >= 15 is 0 Å². The molecule has 0 bridgehead atoms. The lowest BCUT2D eigenvalue weighted by Gasteiger charge is -2.19. The number of carbonyl (C=O) groups excluding carboxylic acids is 2. The lowest BCUT2D eigenvalue weighted by Crippen LogP contribution is -2.29. The molecule has 9 nitrogen and oxygen atoms in total. The molecule has 0 aromatic carbocycles. The van der Waals surface area contributed by atoms with Gasteiger partial charge >= 0.3 is 19.8 Å². The Hall–Kier alpha value is -3.07. The zero-order chi connectivity index (χ0) is 60.1. The van der Waals surface area contributed by atoms with Crippen LogP contribution in [0, 0.1) is 0 Å². The fourth-order valence-corrected chi connectivity index (χ4v) is 10.6. The summed E-state index contributed by atoms with van der Waals surface area (Å²) in [6.45, 7) is 3.66. The maximum absolute atomic E-state index is 12.8. The van der Waals surface area contributed by atoms with Gasteiger partial charge in [-0.15, -0.1) is 0 Å². The number of hydrogen-bond acceptors (Lipinski definition) is 8. The second kappa shape index (κ2) is 68.0. The summed E-state index contributed by atoms with van der Waals surface area (Å²) in [7, 11) is -4.40. The molecule has 0 aromatic heterocycles. The number of unbranched alkanes of at least 4 members (excludes halogenated alkanes) is 36. The van der Waals surface area contributed by atoms with Crippen LogP contribution >= 0.6 is 7.82 Å². The van der Waals surface area contributed by atoms with Gasteiger partial charge in [-0.1, -0.05) is 310 Å². The van der Waals surface area contributed by atoms with Gasteiger partial charge in [-0.05, 0) is 96.3 Å². The first kappa shape index (κ1) is 79.9. The van der Waals surface area contributed by atoms with Crippen molar-refractivity contribution in [3.63, 3.8) is 0 Å². The Labute approximate surface area is 512 Å². The average molecular weight is 1180 g/mol. The number of carbonyl (C=O) groups is 2. The van der Waals surface area contributed by atoms with Crippen molar-refractivity contribution in [3.8, 4) is 0 Å². The second-order valence-corrected chi connectivity index (χ2v) is 24.5. The second-order valence-electron chi connectivity index (χ2n) is 23.0. The van der Waals surface area contributed by atoms with E-state index in [9.17, 15) is 19.0 Å². The van der Waals surface area contributed by atoms with Crippen LogP contribution in [0.15, 0.2) is 97.2 Å². The first-order chi connectivity index (χ1) is 40.8. The molecule has 0 aliphatic heterocycles. The molecular formula is C73H130NO8P. The Kier molecular flexibility index (Phi) is 65.5. The van der Waals surface area contributed by atoms with Gasteiger partial charge in [-0.3, -0.25) is 18.6 Å². The smallest absolute Gasteiger partial charge is 0.462 e. The van der Waals surface area contributed by atoms with Crippen LogP contribution in [0.5, 0.6) is 0 Å². The monoisotopic (exact) mass is 1180 g/mol. The van der Waals surface area contributed by atoms with E-state index in [1.54, 1.807) is 0 Å². The number of phosphoric acid groups is 1. The summed E-state index contributed by atoms with van der Waals surface area (Å²) in [5, 5.41) is 0. The van der Waals surface area contributed by atoms with E-state index in [4.69, 9.17) is 24.3 Å². The van der Waals surface area contributed by atoms with E-state index in [0.717, 1.165) is 83.5 Å². The predicted molar refractivity (Wildman–Crippen MR) is 358 cm³/mol. The van der Waals surface area contributed by atoms with Crippen LogP contribution in [-0.4, -0.2) is 49.3 Å². The van der Waals surface area contributed by atoms with E-state index in [0.29, 0.717) is 6.42 Å². The number of allylic oxidation sites excluding steroid dienone is 16. The van der Waals surface area contributed by atoms with E-state index < -0.39 is 26.5 Å². The molecule has 0 spiro atoms. The minimum Gasteiger partial charge on any atom is -0.462 e. The topological polar surface area (TPSA) is 134 Å². The number of nitrogens with two attached hydrogens (primary N) is 1. The first-order valence-corrected chi connectivity index (χ1v) is 36.2. The van der Waals surface area contributed by atoms with E-state index in [-0.39, 0.29) is 38.6 Å². The SMILES string of the molecule is CC/C=C\C/C=C\C/C=C\C/C=C\C/C=C\CCCCCCCCCCCCCCCCCC(=O)OC(COC(=O)CCCCCCCCCCCCCCCCCC/C=C\C/C=C\C/C=C\CCCCCCC)COP(=O)(O)OCCN. The van der Waals surface area contributed by atoms with Gasteiger partial charge in [-0.25, -0.2) is 4.57 Å². The Morgan fingerprint density at radius 1 is 0.373 bits per heavy atom. The van der Waals surface area contributed by atoms with Gasteiger partial charge < -0.3 is 20.1 Å². The molecule has 0 heterocycles. The van der Waals surface area contributed by atoms with Crippen molar-refractivity contribution in [2.45, 2.75) is 328 Å². The molecule has 480 valence electrons. The third-order valence-electron chi connectivity index (χ3n) is 15.0. The molecule has 83 heavy (non-hydrogen) atoms. The van der Waals surface area contributed by atoms with Gasteiger partial charge in [0, 0.05) is 19.4 Å². The lowest BCUT2D eigenvalue weighted by atomic mass is 10.0. The van der Waals surface area contributed by atoms with Crippen molar-refractivity contribution >= 4 is 19.8 Å². The Morgan fingerprint density at radius 2 is 0.663 bits per heavy atom. The van der Waals surface area contributed by atoms with Gasteiger partial charge in [0.25, 0.3) is 0 Å². The van der Waals surface area contributed by atoms with Crippen molar-refractivity contribution < 1.29 is 37.6 Å². The van der Waals surface area contributed by atoms with Gasteiger partial charge in [-0.2, -0.15) is 0 Å². The van der Waals surface area contributed by atoms with Crippen molar-refractivity contribution in [2.24, 2.45) is 5.73 Å². The van der Waals surface area contributed by atoms with Crippen LogP contribution in [0.2, 0.25) is 0 Å². The highest BCUT2D eigenvalue weighted by Gasteiger charge is 2.26. The molecule has 2 atom stereocenters. The molecule has 0 aromatic rings. The van der Waals surface area contributed by atoms with Crippen molar-refractivity contribution in [3.05, 3.63) is 97.2 Å². The van der Waals surface area contributed by atoms with Gasteiger partial charge in [0.2, 0.25) is 0 Å². The molecule has 0 radical (unpaired) electrons. The van der Waals surface area contributed by atoms with E-state index in [1.165, 1.54) is 205 Å². The van der Waals surface area contributed by atoms with Crippen molar-refractivity contribution in [1.29, 1.82) is 0 Å². The normalized spacial score (nSPS) is 13.5. The molecule has 0 fully saturated rings. The number of ether oxygens (including phenoxy) is 2. The zero-order valence-electron chi connectivity index (χ0n) is 53.9. The van der Waals surface area contributed by atoms with Crippen LogP contribution in [-0.2, 0) is 32.7 Å². The van der Waals surface area contributed by atoms with E-state index in [2.05, 4.69) is 111 Å². The Bertz CT molecular complexity index is 1680. The third-order valence-corrected chi connectivity index (χ3v) is 15.9. The Balaban J connectivity index is 3.88. The quantitative estimate of drug-likeness (QED) is 0.0264. The van der Waals surface area contributed by atoms with Crippen LogP contribution in [0.4, 0.5) is 0 Å². The molecule has 10 heteroatoms. The predicted octanol–water partition coefficient (Wildman–Crippen LogP) is 22.7. The molecule has 0 aliphatic rings. The summed E-state index contributed by atoms with van der Waals surface area (Å²) in [5.74, 6) is -0.819. The van der Waals surface area contributed by atoms with Crippen molar-refractivity contribution in [2.75, 3.05) is 26.4 Å². The van der Waals surface area contributed by atoms with Crippen molar-refractivity contribution in [1.82, 2.24) is 0 Å². The number of esters is 2. The third kappa shape index (κ3) is 67.9. The summed E-state index contributed by atoms with van der Waals surface area (Å²) in [5.41, 5.74) is 5.40. The molecule has 0 saturated heterocycles. The number of phosphoric ester groups is 1. The molecule has 0 aliphatic carbocycles. The molecule has 3 N–H and O–H groups in total. The molecule has 2 unspecified atom stereocenters. The molecule has 0 rings (SSSR count). The van der Waals surface area contributed by atoms with Gasteiger partial charge in [0.15, 0.2) is 6.10 Å². The number of rotatable bonds is 65. The maximum Gasteiger partial charge on any atom is 0.472 e. The van der Waals surface area contributed by atoms with Gasteiger partial charge in [0.1, 0.15) is 6.61 Å². The fraction of sp³-hybridized carbons (Fsp3) is 0.753. The largest absolute Gasteiger partial charge is 0.472 e. The fourth-order valence-electron chi connectivity index (χ4n) is 9.85. The minimum atomic E-state index is -4.40. The average Bonchev–Trinajstić information content (AvgIpc) is 3.48. The highest BCUT2D eigenvalue weighted by atomic mass is 31.2. The lowest BCUT2D eigenvalue weighted by molar-refractivity contribution is -0.161. The highest BCUT2D eigenvalue weighted by Crippen LogP contribution is 2.43. The summed E-state index contributed by atoms with van der Waals surface area (Å²) >= 11 is 0. The van der Waals surface area contributed by atoms with E-state index in [1.807, 2.05) is 0 Å². The maximum atomic E-state index is 12.8. The zero-order valence-corrected chi connectivity index (χ0v) is 54.8. The summed E-state index contributed by atoms with van der Waals surface area (Å²) in [6, 6.07) is 0. The minimum absolute atomic E-state index is 0.0513.